The second-order valence-electron chi connectivity index (χ2n) is 3.80. The summed E-state index contributed by atoms with van der Waals surface area (Å²) in [7, 11) is 0. The van der Waals surface area contributed by atoms with Gasteiger partial charge in [-0.2, -0.15) is 0 Å². The zero-order chi connectivity index (χ0) is 10.8. The lowest BCUT2D eigenvalue weighted by Gasteiger charge is -2.14. The molecule has 0 radical (unpaired) electrons. The fourth-order valence-electron chi connectivity index (χ4n) is 1.82. The molecule has 1 aliphatic heterocycles. The zero-order valence-electron chi connectivity index (χ0n) is 8.16. The molecule has 0 bridgehead atoms. The number of aliphatic hydroxyl groups is 1. The summed E-state index contributed by atoms with van der Waals surface area (Å²) in [6, 6.07) is 3.61. The molecule has 5 heteroatoms. The first-order valence-electron chi connectivity index (χ1n) is 4.86. The third kappa shape index (κ3) is 3.05. The maximum absolute atomic E-state index is 9.38. The average molecular weight is 247 g/mol. The Morgan fingerprint density at radius 2 is 2.07 bits per heavy atom. The maximum Gasteiger partial charge on any atom is 0.131 e. The third-order valence-electron chi connectivity index (χ3n) is 2.48. The van der Waals surface area contributed by atoms with E-state index in [1.807, 2.05) is 0 Å². The Balaban J connectivity index is 2.04. The molecular weight excluding hydrogens is 235 g/mol. The van der Waals surface area contributed by atoms with E-state index in [1.165, 1.54) is 0 Å². The van der Waals surface area contributed by atoms with Crippen molar-refractivity contribution in [2.75, 3.05) is 13.1 Å². The van der Waals surface area contributed by atoms with Gasteiger partial charge in [0.1, 0.15) is 10.3 Å². The van der Waals surface area contributed by atoms with Crippen molar-refractivity contribution < 1.29 is 5.11 Å². The SMILES string of the molecule is O[C@H]1CCN(Cc2cc(Cl)nc(Cl)c2)C1. The molecule has 1 aliphatic rings. The smallest absolute Gasteiger partial charge is 0.131 e. The molecule has 1 atom stereocenters. The standard InChI is InChI=1S/C10H12Cl2N2O/c11-9-3-7(4-10(12)13-9)5-14-2-1-8(15)6-14/h3-4,8,15H,1-2,5-6H2/t8-/m0/s1. The van der Waals surface area contributed by atoms with Crippen molar-refractivity contribution >= 4 is 23.2 Å². The molecule has 2 heterocycles. The highest BCUT2D eigenvalue weighted by Crippen LogP contribution is 2.18. The first kappa shape index (κ1) is 11.1. The van der Waals surface area contributed by atoms with Crippen LogP contribution in [0, 0.1) is 0 Å². The number of likely N-dealkylation sites (tertiary alicyclic amines) is 1. The molecule has 1 aromatic rings. The predicted molar refractivity (Wildman–Crippen MR) is 60.2 cm³/mol. The summed E-state index contributed by atoms with van der Waals surface area (Å²) in [4.78, 5) is 6.06. The molecule has 0 saturated carbocycles. The largest absolute Gasteiger partial charge is 0.392 e. The Bertz CT molecular complexity index is 339. The number of aliphatic hydroxyl groups excluding tert-OH is 1. The first-order chi connectivity index (χ1) is 7.13. The number of nitrogens with zero attached hydrogens (tertiary/aromatic N) is 2. The molecule has 0 aromatic carbocycles. The fourth-order valence-corrected chi connectivity index (χ4v) is 2.33. The molecule has 0 unspecified atom stereocenters. The normalized spacial score (nSPS) is 22.2. The van der Waals surface area contributed by atoms with Gasteiger partial charge in [-0.05, 0) is 24.1 Å². The van der Waals surface area contributed by atoms with Crippen molar-refractivity contribution in [3.63, 3.8) is 0 Å². The Labute approximate surface area is 98.6 Å². The van der Waals surface area contributed by atoms with Gasteiger partial charge in [0, 0.05) is 19.6 Å². The van der Waals surface area contributed by atoms with Crippen molar-refractivity contribution in [2.24, 2.45) is 0 Å². The van der Waals surface area contributed by atoms with Crippen LogP contribution >= 0.6 is 23.2 Å². The number of pyridine rings is 1. The Kier molecular flexibility index (Phi) is 3.46. The van der Waals surface area contributed by atoms with Gasteiger partial charge in [-0.15, -0.1) is 0 Å². The van der Waals surface area contributed by atoms with Crippen LogP contribution < -0.4 is 0 Å². The predicted octanol–water partition coefficient (Wildman–Crippen LogP) is 1.95. The van der Waals surface area contributed by atoms with Crippen LogP contribution in [0.4, 0.5) is 0 Å². The van der Waals surface area contributed by atoms with Gasteiger partial charge >= 0.3 is 0 Å². The van der Waals surface area contributed by atoms with Crippen molar-refractivity contribution in [1.82, 2.24) is 9.88 Å². The summed E-state index contributed by atoms with van der Waals surface area (Å²) in [6.07, 6.45) is 0.643. The van der Waals surface area contributed by atoms with E-state index in [1.54, 1.807) is 12.1 Å². The van der Waals surface area contributed by atoms with Gasteiger partial charge < -0.3 is 5.11 Å². The average Bonchev–Trinajstić information content (AvgIpc) is 2.49. The van der Waals surface area contributed by atoms with Crippen LogP contribution in [-0.4, -0.2) is 34.2 Å². The van der Waals surface area contributed by atoms with Gasteiger partial charge in [0.05, 0.1) is 6.10 Å². The van der Waals surface area contributed by atoms with Gasteiger partial charge in [0.15, 0.2) is 0 Å². The summed E-state index contributed by atoms with van der Waals surface area (Å²) in [6.45, 7) is 2.40. The molecule has 3 nitrogen and oxygen atoms in total. The van der Waals surface area contributed by atoms with E-state index in [0.29, 0.717) is 10.3 Å². The van der Waals surface area contributed by atoms with Crippen molar-refractivity contribution in [3.05, 3.63) is 28.0 Å². The van der Waals surface area contributed by atoms with E-state index < -0.39 is 0 Å². The Morgan fingerprint density at radius 3 is 2.60 bits per heavy atom. The molecule has 1 saturated heterocycles. The number of aromatic nitrogens is 1. The van der Waals surface area contributed by atoms with E-state index in [0.717, 1.165) is 31.6 Å². The van der Waals surface area contributed by atoms with E-state index in [4.69, 9.17) is 23.2 Å². The highest BCUT2D eigenvalue weighted by Gasteiger charge is 2.20. The summed E-state index contributed by atoms with van der Waals surface area (Å²) >= 11 is 11.6. The Morgan fingerprint density at radius 1 is 1.40 bits per heavy atom. The number of hydrogen-bond donors (Lipinski definition) is 1. The lowest BCUT2D eigenvalue weighted by Crippen LogP contribution is -2.21. The van der Waals surface area contributed by atoms with Crippen LogP contribution in [0.1, 0.15) is 12.0 Å². The molecule has 0 aliphatic carbocycles. The van der Waals surface area contributed by atoms with E-state index in [9.17, 15) is 5.11 Å². The first-order valence-corrected chi connectivity index (χ1v) is 5.61. The van der Waals surface area contributed by atoms with Crippen LogP contribution in [-0.2, 0) is 6.54 Å². The van der Waals surface area contributed by atoms with E-state index in [2.05, 4.69) is 9.88 Å². The summed E-state index contributed by atoms with van der Waals surface area (Å²) in [5, 5.41) is 10.2. The monoisotopic (exact) mass is 246 g/mol. The van der Waals surface area contributed by atoms with Crippen LogP contribution in [0.2, 0.25) is 10.3 Å². The minimum atomic E-state index is -0.196. The highest BCUT2D eigenvalue weighted by molar-refractivity contribution is 6.32. The van der Waals surface area contributed by atoms with Gasteiger partial charge in [0.2, 0.25) is 0 Å². The minimum absolute atomic E-state index is 0.196. The fraction of sp³-hybridized carbons (Fsp3) is 0.500. The lowest BCUT2D eigenvalue weighted by molar-refractivity contribution is 0.175. The maximum atomic E-state index is 9.38. The second-order valence-corrected chi connectivity index (χ2v) is 4.57. The number of rotatable bonds is 2. The van der Waals surface area contributed by atoms with Crippen LogP contribution in [0.3, 0.4) is 0 Å². The number of hydrogen-bond acceptors (Lipinski definition) is 3. The van der Waals surface area contributed by atoms with Gasteiger partial charge in [-0.25, -0.2) is 4.98 Å². The summed E-state index contributed by atoms with van der Waals surface area (Å²) < 4.78 is 0. The van der Waals surface area contributed by atoms with Crippen LogP contribution in [0.5, 0.6) is 0 Å². The second kappa shape index (κ2) is 4.66. The molecular formula is C10H12Cl2N2O. The summed E-state index contributed by atoms with van der Waals surface area (Å²) in [5.74, 6) is 0. The molecule has 82 valence electrons. The van der Waals surface area contributed by atoms with E-state index >= 15 is 0 Å². The van der Waals surface area contributed by atoms with Gasteiger partial charge in [0.25, 0.3) is 0 Å². The third-order valence-corrected chi connectivity index (χ3v) is 2.86. The van der Waals surface area contributed by atoms with Crippen LogP contribution in [0.25, 0.3) is 0 Å². The van der Waals surface area contributed by atoms with E-state index in [-0.39, 0.29) is 6.10 Å². The van der Waals surface area contributed by atoms with Gasteiger partial charge in [-0.1, -0.05) is 23.2 Å². The molecule has 1 fully saturated rings. The van der Waals surface area contributed by atoms with Crippen molar-refractivity contribution in [1.29, 1.82) is 0 Å². The Hall–Kier alpha value is -0.350. The number of β-amino-alcohol motifs (C(OH)–C–C–N with tert-alkyl or cyclic N) is 1. The van der Waals surface area contributed by atoms with Crippen molar-refractivity contribution in [3.8, 4) is 0 Å². The number of halogens is 2. The molecule has 1 N–H and O–H groups in total. The molecule has 1 aromatic heterocycles. The van der Waals surface area contributed by atoms with Crippen LogP contribution in [0.15, 0.2) is 12.1 Å². The topological polar surface area (TPSA) is 36.4 Å². The van der Waals surface area contributed by atoms with Crippen molar-refractivity contribution in [2.45, 2.75) is 19.1 Å². The molecule has 15 heavy (non-hydrogen) atoms. The minimum Gasteiger partial charge on any atom is -0.392 e. The van der Waals surface area contributed by atoms with Gasteiger partial charge in [-0.3, -0.25) is 4.90 Å². The molecule has 2 rings (SSSR count). The lowest BCUT2D eigenvalue weighted by atomic mass is 10.2. The highest BCUT2D eigenvalue weighted by atomic mass is 35.5. The molecule has 0 spiro atoms. The summed E-state index contributed by atoms with van der Waals surface area (Å²) in [5.41, 5.74) is 1.04. The quantitative estimate of drug-likeness (QED) is 0.811. The molecule has 0 amide bonds. The zero-order valence-corrected chi connectivity index (χ0v) is 9.67.